The predicted molar refractivity (Wildman–Crippen MR) is 102 cm³/mol. The maximum Gasteiger partial charge on any atom is 0.233 e. The van der Waals surface area contributed by atoms with Gasteiger partial charge < -0.3 is 10.6 Å². The van der Waals surface area contributed by atoms with Gasteiger partial charge in [-0.3, -0.25) is 14.3 Å². The second-order valence-electron chi connectivity index (χ2n) is 6.05. The largest absolute Gasteiger partial charge is 0.326 e. The first kappa shape index (κ1) is 20.4. The summed E-state index contributed by atoms with van der Waals surface area (Å²) in [7, 11) is -3.85. The summed E-state index contributed by atoms with van der Waals surface area (Å²) in [6, 6.07) is 11.5. The molecule has 2 aromatic carbocycles. The normalized spacial score (nSPS) is 12.1. The number of nitrogens with one attached hydrogen (secondary N) is 3. The van der Waals surface area contributed by atoms with Crippen molar-refractivity contribution in [3.63, 3.8) is 0 Å². The summed E-state index contributed by atoms with van der Waals surface area (Å²) in [6.45, 7) is 2.83. The van der Waals surface area contributed by atoms with Gasteiger partial charge in [0.1, 0.15) is 5.82 Å². The number of amides is 2. The fourth-order valence-corrected chi connectivity index (χ4v) is 3.70. The molecule has 3 N–H and O–H groups in total. The molecule has 0 heterocycles. The Balaban J connectivity index is 1.99. The molecule has 2 rings (SSSR count). The molecular formula is C18H20FN3O4S. The summed E-state index contributed by atoms with van der Waals surface area (Å²) < 4.78 is 39.8. The second-order valence-corrected chi connectivity index (χ2v) is 7.81. The summed E-state index contributed by atoms with van der Waals surface area (Å²) in [5, 5.41) is 5.20. The van der Waals surface area contributed by atoms with Crippen LogP contribution in [0.15, 0.2) is 48.5 Å². The van der Waals surface area contributed by atoms with Gasteiger partial charge in [-0.25, -0.2) is 12.8 Å². The van der Waals surface area contributed by atoms with E-state index >= 15 is 0 Å². The van der Waals surface area contributed by atoms with E-state index in [-0.39, 0.29) is 11.6 Å². The summed E-state index contributed by atoms with van der Waals surface area (Å²) >= 11 is 0. The Bertz CT molecular complexity index is 947. The van der Waals surface area contributed by atoms with Gasteiger partial charge in [0.05, 0.1) is 17.4 Å². The molecule has 0 aliphatic rings. The molecule has 1 atom stereocenters. The number of benzene rings is 2. The van der Waals surface area contributed by atoms with Crippen LogP contribution in [0.2, 0.25) is 0 Å². The zero-order valence-electron chi connectivity index (χ0n) is 14.8. The first-order chi connectivity index (χ1) is 12.6. The van der Waals surface area contributed by atoms with Crippen molar-refractivity contribution >= 4 is 38.9 Å². The van der Waals surface area contributed by atoms with Crippen LogP contribution in [0.3, 0.4) is 0 Å². The standard InChI is InChI=1S/C18H20FN3O4S/c1-12(11-27(25,26)22-17-8-3-5-14(19)9-17)18(24)21-16-7-4-6-15(10-16)20-13(2)23/h3-10,12,22H,11H2,1-2H3,(H,20,23)(H,21,24). The van der Waals surface area contributed by atoms with Crippen LogP contribution in [0.5, 0.6) is 0 Å². The second kappa shape index (κ2) is 8.63. The van der Waals surface area contributed by atoms with Crippen molar-refractivity contribution in [1.82, 2.24) is 0 Å². The van der Waals surface area contributed by atoms with E-state index in [1.807, 2.05) is 0 Å². The Kier molecular flexibility index (Phi) is 6.51. The molecule has 0 fully saturated rings. The highest BCUT2D eigenvalue weighted by molar-refractivity contribution is 7.92. The molecule has 0 aromatic heterocycles. The number of rotatable bonds is 7. The number of sulfonamides is 1. The Morgan fingerprint density at radius 2 is 1.59 bits per heavy atom. The first-order valence-corrected chi connectivity index (χ1v) is 9.74. The van der Waals surface area contributed by atoms with Crippen molar-refractivity contribution < 1.29 is 22.4 Å². The first-order valence-electron chi connectivity index (χ1n) is 8.09. The van der Waals surface area contributed by atoms with Crippen molar-refractivity contribution in [2.24, 2.45) is 5.92 Å². The van der Waals surface area contributed by atoms with Crippen LogP contribution in [-0.4, -0.2) is 26.0 Å². The summed E-state index contributed by atoms with van der Waals surface area (Å²) in [5.41, 5.74) is 1.02. The van der Waals surface area contributed by atoms with Gasteiger partial charge in [-0.1, -0.05) is 19.1 Å². The highest BCUT2D eigenvalue weighted by Crippen LogP contribution is 2.17. The van der Waals surface area contributed by atoms with Crippen molar-refractivity contribution in [2.75, 3.05) is 21.1 Å². The Hall–Kier alpha value is -2.94. The van der Waals surface area contributed by atoms with E-state index in [0.717, 1.165) is 6.07 Å². The van der Waals surface area contributed by atoms with Crippen LogP contribution in [0, 0.1) is 11.7 Å². The predicted octanol–water partition coefficient (Wildman–Crippen LogP) is 2.80. The third-order valence-electron chi connectivity index (χ3n) is 3.47. The summed E-state index contributed by atoms with van der Waals surface area (Å²) in [5.74, 6) is -2.65. The van der Waals surface area contributed by atoms with Crippen LogP contribution in [0.25, 0.3) is 0 Å². The molecule has 2 aromatic rings. The minimum absolute atomic E-state index is 0.0885. The highest BCUT2D eigenvalue weighted by atomic mass is 32.2. The molecule has 9 heteroatoms. The van der Waals surface area contributed by atoms with E-state index < -0.39 is 33.4 Å². The average molecular weight is 393 g/mol. The number of hydrogen-bond donors (Lipinski definition) is 3. The van der Waals surface area contributed by atoms with Gasteiger partial charge in [0, 0.05) is 18.3 Å². The molecule has 0 radical (unpaired) electrons. The Labute approximate surface area is 157 Å². The number of halogens is 1. The van der Waals surface area contributed by atoms with Gasteiger partial charge in [0.15, 0.2) is 0 Å². The molecule has 0 bridgehead atoms. The van der Waals surface area contributed by atoms with Gasteiger partial charge in [-0.05, 0) is 36.4 Å². The van der Waals surface area contributed by atoms with Crippen molar-refractivity contribution in [2.45, 2.75) is 13.8 Å². The van der Waals surface area contributed by atoms with E-state index in [1.165, 1.54) is 32.0 Å². The maximum atomic E-state index is 13.2. The van der Waals surface area contributed by atoms with Crippen LogP contribution < -0.4 is 15.4 Å². The zero-order valence-corrected chi connectivity index (χ0v) is 15.6. The van der Waals surface area contributed by atoms with Crippen molar-refractivity contribution in [3.05, 3.63) is 54.3 Å². The van der Waals surface area contributed by atoms with Gasteiger partial charge in [-0.2, -0.15) is 0 Å². The molecular weight excluding hydrogens is 373 g/mol. The van der Waals surface area contributed by atoms with Gasteiger partial charge in [-0.15, -0.1) is 0 Å². The van der Waals surface area contributed by atoms with E-state index in [0.29, 0.717) is 11.4 Å². The van der Waals surface area contributed by atoms with Crippen LogP contribution in [0.1, 0.15) is 13.8 Å². The quantitative estimate of drug-likeness (QED) is 0.673. The summed E-state index contributed by atoms with van der Waals surface area (Å²) in [6.07, 6.45) is 0. The highest BCUT2D eigenvalue weighted by Gasteiger charge is 2.22. The lowest BCUT2D eigenvalue weighted by molar-refractivity contribution is -0.118. The smallest absolute Gasteiger partial charge is 0.233 e. The fraction of sp³-hybridized carbons (Fsp3) is 0.222. The maximum absolute atomic E-state index is 13.2. The van der Waals surface area contributed by atoms with Crippen LogP contribution >= 0.6 is 0 Å². The van der Waals surface area contributed by atoms with Gasteiger partial charge in [0.2, 0.25) is 21.8 Å². The van der Waals surface area contributed by atoms with Gasteiger partial charge in [0.25, 0.3) is 0 Å². The minimum Gasteiger partial charge on any atom is -0.326 e. The van der Waals surface area contributed by atoms with E-state index in [9.17, 15) is 22.4 Å². The SMILES string of the molecule is CC(=O)Nc1cccc(NC(=O)C(C)CS(=O)(=O)Nc2cccc(F)c2)c1. The molecule has 1 unspecified atom stereocenters. The van der Waals surface area contributed by atoms with E-state index in [4.69, 9.17) is 0 Å². The molecule has 27 heavy (non-hydrogen) atoms. The van der Waals surface area contributed by atoms with Crippen molar-refractivity contribution in [1.29, 1.82) is 0 Å². The van der Waals surface area contributed by atoms with Crippen molar-refractivity contribution in [3.8, 4) is 0 Å². The number of carbonyl (C=O) groups excluding carboxylic acids is 2. The average Bonchev–Trinajstić information content (AvgIpc) is 2.53. The molecule has 0 saturated carbocycles. The molecule has 0 spiro atoms. The van der Waals surface area contributed by atoms with Crippen LogP contribution in [0.4, 0.5) is 21.5 Å². The van der Waals surface area contributed by atoms with Gasteiger partial charge >= 0.3 is 0 Å². The van der Waals surface area contributed by atoms with E-state index in [2.05, 4.69) is 15.4 Å². The Morgan fingerprint density at radius 1 is 1.00 bits per heavy atom. The lowest BCUT2D eigenvalue weighted by atomic mass is 10.2. The fourth-order valence-electron chi connectivity index (χ4n) is 2.32. The lowest BCUT2D eigenvalue weighted by Gasteiger charge is -2.14. The molecule has 0 saturated heterocycles. The molecule has 0 aliphatic carbocycles. The molecule has 0 aliphatic heterocycles. The Morgan fingerprint density at radius 3 is 2.22 bits per heavy atom. The molecule has 7 nitrogen and oxygen atoms in total. The molecule has 144 valence electrons. The molecule has 2 amide bonds. The topological polar surface area (TPSA) is 104 Å². The lowest BCUT2D eigenvalue weighted by Crippen LogP contribution is -2.29. The summed E-state index contributed by atoms with van der Waals surface area (Å²) in [4.78, 5) is 23.4. The zero-order chi connectivity index (χ0) is 20.0. The van der Waals surface area contributed by atoms with Crippen LogP contribution in [-0.2, 0) is 19.6 Å². The number of carbonyl (C=O) groups is 2. The third kappa shape index (κ3) is 6.70. The third-order valence-corrected chi connectivity index (χ3v) is 4.95. The monoisotopic (exact) mass is 393 g/mol. The minimum atomic E-state index is -3.85. The number of anilines is 3. The number of hydrogen-bond acceptors (Lipinski definition) is 4. The van der Waals surface area contributed by atoms with E-state index in [1.54, 1.807) is 24.3 Å².